The molecule has 1 saturated heterocycles. The molecule has 1 amide bonds. The first-order valence-electron chi connectivity index (χ1n) is 11.2. The zero-order valence-electron chi connectivity index (χ0n) is 18.6. The van der Waals surface area contributed by atoms with Gasteiger partial charge in [0.05, 0.1) is 11.4 Å². The lowest BCUT2D eigenvalue weighted by Crippen LogP contribution is -2.47. The number of carbonyl (C=O) groups is 1. The Morgan fingerprint density at radius 2 is 2.16 bits per heavy atom. The van der Waals surface area contributed by atoms with Gasteiger partial charge in [-0.05, 0) is 50.7 Å². The van der Waals surface area contributed by atoms with E-state index in [0.717, 1.165) is 50.5 Å². The van der Waals surface area contributed by atoms with Gasteiger partial charge in [0.1, 0.15) is 17.5 Å². The number of aryl methyl sites for hydroxylation is 1. The number of nitrogens with two attached hydrogens (primary N) is 2. The van der Waals surface area contributed by atoms with E-state index < -0.39 is 0 Å². The fourth-order valence-corrected chi connectivity index (χ4v) is 4.11. The Hall–Kier alpha value is -3.54. The van der Waals surface area contributed by atoms with Crippen LogP contribution in [0.5, 0.6) is 0 Å². The molecule has 5 N–H and O–H groups in total. The first kappa shape index (κ1) is 23.1. The average Bonchev–Trinajstić information content (AvgIpc) is 3.11. The molecule has 1 atom stereocenters. The minimum atomic E-state index is -0.249. The number of amides is 1. The number of likely N-dealkylation sites (tertiary alicyclic amines) is 1. The topological polar surface area (TPSA) is 138 Å². The van der Waals surface area contributed by atoms with Crippen molar-refractivity contribution in [1.29, 1.82) is 5.26 Å². The Labute approximate surface area is 189 Å². The van der Waals surface area contributed by atoms with E-state index in [4.69, 9.17) is 16.5 Å². The van der Waals surface area contributed by atoms with E-state index >= 15 is 0 Å². The molecule has 0 aliphatic carbocycles. The van der Waals surface area contributed by atoms with Crippen LogP contribution in [0.3, 0.4) is 0 Å². The standard InChI is InChI=1S/C23H32N8O/c1-2-27-23(30-13-7-8-17(16-30)14-21(25)32)28-12-6-11-20-19(15-24)22(26)31(29-20)18-9-4-3-5-10-18/h3-5,9-10,17H,2,6-8,11-14,16,26H2,1H3,(H2,25,32)(H,27,28). The number of nitrogens with one attached hydrogen (secondary N) is 1. The first-order valence-corrected chi connectivity index (χ1v) is 11.2. The van der Waals surface area contributed by atoms with Crippen molar-refractivity contribution in [2.45, 2.75) is 39.0 Å². The third kappa shape index (κ3) is 5.78. The number of benzene rings is 1. The zero-order chi connectivity index (χ0) is 22.9. The molecule has 2 aromatic rings. The van der Waals surface area contributed by atoms with E-state index in [0.29, 0.717) is 36.5 Å². The largest absolute Gasteiger partial charge is 0.382 e. The summed E-state index contributed by atoms with van der Waals surface area (Å²) in [7, 11) is 0. The third-order valence-corrected chi connectivity index (χ3v) is 5.58. The van der Waals surface area contributed by atoms with Crippen LogP contribution in [-0.2, 0) is 11.2 Å². The van der Waals surface area contributed by atoms with Crippen molar-refractivity contribution in [2.75, 3.05) is 31.9 Å². The third-order valence-electron chi connectivity index (χ3n) is 5.58. The molecule has 9 nitrogen and oxygen atoms in total. The molecule has 1 aliphatic heterocycles. The second-order valence-electron chi connectivity index (χ2n) is 8.03. The van der Waals surface area contributed by atoms with Crippen LogP contribution in [0.25, 0.3) is 5.69 Å². The maximum absolute atomic E-state index is 11.3. The van der Waals surface area contributed by atoms with E-state index in [9.17, 15) is 10.1 Å². The molecular weight excluding hydrogens is 404 g/mol. The van der Waals surface area contributed by atoms with Gasteiger partial charge in [-0.1, -0.05) is 18.2 Å². The number of anilines is 1. The van der Waals surface area contributed by atoms with Crippen molar-refractivity contribution < 1.29 is 4.79 Å². The van der Waals surface area contributed by atoms with Gasteiger partial charge in [0, 0.05) is 32.6 Å². The number of hydrogen-bond donors (Lipinski definition) is 3. The second kappa shape index (κ2) is 11.2. The molecule has 1 fully saturated rings. The van der Waals surface area contributed by atoms with Crippen molar-refractivity contribution in [3.05, 3.63) is 41.6 Å². The van der Waals surface area contributed by atoms with Crippen molar-refractivity contribution >= 4 is 17.7 Å². The Bertz CT molecular complexity index is 976. The zero-order valence-corrected chi connectivity index (χ0v) is 18.6. The van der Waals surface area contributed by atoms with Crippen LogP contribution in [0, 0.1) is 17.2 Å². The number of nitrogen functional groups attached to an aromatic ring is 1. The van der Waals surface area contributed by atoms with Crippen LogP contribution in [0.4, 0.5) is 5.82 Å². The fraction of sp³-hybridized carbons (Fsp3) is 0.478. The smallest absolute Gasteiger partial charge is 0.217 e. The summed E-state index contributed by atoms with van der Waals surface area (Å²) < 4.78 is 1.62. The van der Waals surface area contributed by atoms with E-state index in [1.54, 1.807) is 4.68 Å². The molecule has 0 spiro atoms. The van der Waals surface area contributed by atoms with Gasteiger partial charge in [-0.3, -0.25) is 9.79 Å². The minimum absolute atomic E-state index is 0.249. The summed E-state index contributed by atoms with van der Waals surface area (Å²) in [6, 6.07) is 11.8. The number of hydrogen-bond acceptors (Lipinski definition) is 5. The Morgan fingerprint density at radius 3 is 2.84 bits per heavy atom. The summed E-state index contributed by atoms with van der Waals surface area (Å²) >= 11 is 0. The molecule has 170 valence electrons. The summed E-state index contributed by atoms with van der Waals surface area (Å²) in [6.07, 6.45) is 3.80. The maximum atomic E-state index is 11.3. The van der Waals surface area contributed by atoms with Crippen molar-refractivity contribution in [3.63, 3.8) is 0 Å². The van der Waals surface area contributed by atoms with Gasteiger partial charge >= 0.3 is 0 Å². The summed E-state index contributed by atoms with van der Waals surface area (Å²) in [6.45, 7) is 5.11. The molecule has 1 unspecified atom stereocenters. The van der Waals surface area contributed by atoms with Gasteiger partial charge in [0.25, 0.3) is 0 Å². The van der Waals surface area contributed by atoms with Crippen LogP contribution in [-0.4, -0.2) is 52.7 Å². The molecule has 2 heterocycles. The lowest BCUT2D eigenvalue weighted by molar-refractivity contribution is -0.119. The number of nitrogens with zero attached hydrogens (tertiary/aromatic N) is 5. The van der Waals surface area contributed by atoms with Gasteiger partial charge < -0.3 is 21.7 Å². The molecule has 0 radical (unpaired) electrons. The highest BCUT2D eigenvalue weighted by atomic mass is 16.1. The molecule has 3 rings (SSSR count). The van der Waals surface area contributed by atoms with Crippen LogP contribution < -0.4 is 16.8 Å². The minimum Gasteiger partial charge on any atom is -0.382 e. The number of aliphatic imine (C=N–C) groups is 1. The van der Waals surface area contributed by atoms with Crippen LogP contribution in [0.1, 0.15) is 43.9 Å². The van der Waals surface area contributed by atoms with E-state index in [1.165, 1.54) is 0 Å². The quantitative estimate of drug-likeness (QED) is 0.328. The van der Waals surface area contributed by atoms with Gasteiger partial charge in [-0.15, -0.1) is 0 Å². The molecule has 1 aromatic heterocycles. The van der Waals surface area contributed by atoms with Crippen molar-refractivity contribution in [1.82, 2.24) is 20.0 Å². The van der Waals surface area contributed by atoms with Gasteiger partial charge in [-0.25, -0.2) is 4.68 Å². The van der Waals surface area contributed by atoms with Gasteiger partial charge in [-0.2, -0.15) is 10.4 Å². The van der Waals surface area contributed by atoms with Gasteiger partial charge in [0.15, 0.2) is 5.96 Å². The Balaban J connectivity index is 1.64. The molecule has 0 bridgehead atoms. The fourth-order valence-electron chi connectivity index (χ4n) is 4.11. The molecule has 9 heteroatoms. The van der Waals surface area contributed by atoms with E-state index in [1.807, 2.05) is 37.3 Å². The Morgan fingerprint density at radius 1 is 1.38 bits per heavy atom. The first-order chi connectivity index (χ1) is 15.5. The lowest BCUT2D eigenvalue weighted by atomic mass is 9.95. The van der Waals surface area contributed by atoms with Crippen LogP contribution >= 0.6 is 0 Å². The predicted octanol–water partition coefficient (Wildman–Crippen LogP) is 1.81. The molecule has 1 aliphatic rings. The normalized spacial score (nSPS) is 16.6. The number of piperidine rings is 1. The highest BCUT2D eigenvalue weighted by Crippen LogP contribution is 2.22. The molecule has 32 heavy (non-hydrogen) atoms. The Kier molecular flexibility index (Phi) is 8.08. The second-order valence-corrected chi connectivity index (χ2v) is 8.03. The SMILES string of the molecule is CCNC(=NCCCc1nn(-c2ccccc2)c(N)c1C#N)N1CCCC(CC(N)=O)C1. The number of guanidine groups is 1. The molecular formula is C23H32N8O. The maximum Gasteiger partial charge on any atom is 0.217 e. The number of aromatic nitrogens is 2. The number of nitriles is 1. The summed E-state index contributed by atoms with van der Waals surface area (Å²) in [4.78, 5) is 18.3. The summed E-state index contributed by atoms with van der Waals surface area (Å²) in [5.41, 5.74) is 13.5. The highest BCUT2D eigenvalue weighted by Gasteiger charge is 2.23. The summed E-state index contributed by atoms with van der Waals surface area (Å²) in [5, 5.41) is 17.5. The van der Waals surface area contributed by atoms with Crippen LogP contribution in [0.15, 0.2) is 35.3 Å². The summed E-state index contributed by atoms with van der Waals surface area (Å²) in [5.74, 6) is 1.24. The van der Waals surface area contributed by atoms with E-state index in [2.05, 4.69) is 21.4 Å². The molecule has 1 aromatic carbocycles. The van der Waals surface area contributed by atoms with Crippen molar-refractivity contribution in [2.24, 2.45) is 16.6 Å². The number of para-hydroxylation sites is 1. The van der Waals surface area contributed by atoms with Crippen LogP contribution in [0.2, 0.25) is 0 Å². The van der Waals surface area contributed by atoms with E-state index in [-0.39, 0.29) is 11.8 Å². The number of primary amides is 1. The number of carbonyl (C=O) groups excluding carboxylic acids is 1. The molecule has 0 saturated carbocycles. The lowest BCUT2D eigenvalue weighted by Gasteiger charge is -2.34. The number of rotatable bonds is 8. The highest BCUT2D eigenvalue weighted by molar-refractivity contribution is 5.80. The van der Waals surface area contributed by atoms with Crippen molar-refractivity contribution in [3.8, 4) is 11.8 Å². The van der Waals surface area contributed by atoms with Gasteiger partial charge in [0.2, 0.25) is 5.91 Å². The predicted molar refractivity (Wildman–Crippen MR) is 125 cm³/mol. The average molecular weight is 437 g/mol. The monoisotopic (exact) mass is 436 g/mol.